The number of para-hydroxylation sites is 1. The Labute approximate surface area is 185 Å². The molecule has 6 N–H and O–H groups in total. The Morgan fingerprint density at radius 1 is 1.06 bits per heavy atom. The number of rotatable bonds is 7. The van der Waals surface area contributed by atoms with Gasteiger partial charge in [0.2, 0.25) is 0 Å². The lowest BCUT2D eigenvalue weighted by Gasteiger charge is -2.24. The van der Waals surface area contributed by atoms with Crippen LogP contribution in [0.15, 0.2) is 48.9 Å². The zero-order valence-electron chi connectivity index (χ0n) is 17.4. The highest BCUT2D eigenvalue weighted by Crippen LogP contribution is 2.24. The first kappa shape index (κ1) is 21.4. The minimum Gasteiger partial charge on any atom is -0.384 e. The van der Waals surface area contributed by atoms with Crippen LogP contribution < -0.4 is 27.0 Å². The predicted octanol–water partition coefficient (Wildman–Crippen LogP) is 3.00. The third kappa shape index (κ3) is 5.46. The molecule has 1 aliphatic rings. The lowest BCUT2D eigenvalue weighted by Crippen LogP contribution is -2.31. The van der Waals surface area contributed by atoms with Crippen molar-refractivity contribution in [2.45, 2.75) is 12.8 Å². The first-order chi connectivity index (χ1) is 15.6. The molecule has 9 nitrogen and oxygen atoms in total. The van der Waals surface area contributed by atoms with E-state index in [1.165, 1.54) is 30.7 Å². The van der Waals surface area contributed by atoms with Crippen molar-refractivity contribution in [1.29, 1.82) is 0 Å². The number of benzene rings is 1. The second-order valence-electron chi connectivity index (χ2n) is 7.57. The number of nitrogens with two attached hydrogens (primary N) is 1. The van der Waals surface area contributed by atoms with Crippen LogP contribution in [0.25, 0.3) is 0 Å². The Bertz CT molecular complexity index is 1070. The Morgan fingerprint density at radius 3 is 2.59 bits per heavy atom. The molecule has 1 aliphatic heterocycles. The van der Waals surface area contributed by atoms with Gasteiger partial charge in [-0.25, -0.2) is 19.3 Å². The Balaban J connectivity index is 1.56. The molecule has 3 aromatic rings. The van der Waals surface area contributed by atoms with Crippen molar-refractivity contribution in [2.24, 2.45) is 5.92 Å². The van der Waals surface area contributed by atoms with Crippen molar-refractivity contribution in [3.8, 4) is 0 Å². The number of aromatic nitrogens is 3. The number of halogens is 1. The first-order valence-electron chi connectivity index (χ1n) is 10.4. The summed E-state index contributed by atoms with van der Waals surface area (Å²) in [5.74, 6) is 0.811. The van der Waals surface area contributed by atoms with Gasteiger partial charge < -0.3 is 27.0 Å². The summed E-state index contributed by atoms with van der Waals surface area (Å²) >= 11 is 0. The van der Waals surface area contributed by atoms with E-state index in [1.54, 1.807) is 18.2 Å². The lowest BCUT2D eigenvalue weighted by molar-refractivity contribution is 0.102. The Morgan fingerprint density at radius 2 is 1.84 bits per heavy atom. The summed E-state index contributed by atoms with van der Waals surface area (Å²) in [6.07, 6.45) is 6.50. The molecule has 3 heterocycles. The maximum absolute atomic E-state index is 14.0. The van der Waals surface area contributed by atoms with Crippen LogP contribution in [0.5, 0.6) is 0 Å². The lowest BCUT2D eigenvalue weighted by atomic mass is 9.98. The van der Waals surface area contributed by atoms with E-state index < -0.39 is 11.7 Å². The number of pyridine rings is 1. The van der Waals surface area contributed by atoms with Crippen molar-refractivity contribution in [1.82, 2.24) is 20.3 Å². The van der Waals surface area contributed by atoms with Gasteiger partial charge >= 0.3 is 0 Å². The van der Waals surface area contributed by atoms with Gasteiger partial charge in [-0.2, -0.15) is 0 Å². The summed E-state index contributed by atoms with van der Waals surface area (Å²) in [4.78, 5) is 25.4. The Hall–Kier alpha value is -3.79. The molecule has 2 aromatic heterocycles. The van der Waals surface area contributed by atoms with E-state index in [-0.39, 0.29) is 5.69 Å². The molecule has 0 saturated carbocycles. The van der Waals surface area contributed by atoms with Crippen LogP contribution in [0, 0.1) is 11.7 Å². The number of nitrogens with one attached hydrogen (secondary N) is 4. The fourth-order valence-corrected chi connectivity index (χ4v) is 3.48. The minimum atomic E-state index is -0.502. The summed E-state index contributed by atoms with van der Waals surface area (Å²) in [5, 5.41) is 12.4. The molecule has 10 heteroatoms. The number of nitrogens with zero attached hydrogens (tertiary/aromatic N) is 3. The first-order valence-corrected chi connectivity index (χ1v) is 10.4. The summed E-state index contributed by atoms with van der Waals surface area (Å²) < 4.78 is 14.0. The fourth-order valence-electron chi connectivity index (χ4n) is 3.48. The van der Waals surface area contributed by atoms with Gasteiger partial charge in [-0.3, -0.25) is 4.79 Å². The molecular formula is C22H25FN8O. The summed E-state index contributed by atoms with van der Waals surface area (Å²) in [6.45, 7) is 2.67. The third-order valence-electron chi connectivity index (χ3n) is 5.24. The molecule has 1 amide bonds. The van der Waals surface area contributed by atoms with E-state index in [0.717, 1.165) is 25.9 Å². The number of hydrogen-bond acceptors (Lipinski definition) is 8. The number of amides is 1. The summed E-state index contributed by atoms with van der Waals surface area (Å²) in [7, 11) is 0. The van der Waals surface area contributed by atoms with E-state index in [9.17, 15) is 9.18 Å². The van der Waals surface area contributed by atoms with E-state index in [2.05, 4.69) is 36.2 Å². The molecule has 0 atom stereocenters. The second-order valence-corrected chi connectivity index (χ2v) is 7.57. The van der Waals surface area contributed by atoms with Crippen molar-refractivity contribution in [2.75, 3.05) is 41.3 Å². The highest BCUT2D eigenvalue weighted by molar-refractivity contribution is 6.08. The molecule has 1 saturated heterocycles. The van der Waals surface area contributed by atoms with E-state index in [4.69, 9.17) is 5.73 Å². The number of anilines is 5. The van der Waals surface area contributed by atoms with Gasteiger partial charge in [0.1, 0.15) is 23.3 Å². The Kier molecular flexibility index (Phi) is 6.71. The molecule has 0 aliphatic carbocycles. The van der Waals surface area contributed by atoms with Crippen LogP contribution in [0.3, 0.4) is 0 Å². The largest absolute Gasteiger partial charge is 0.384 e. The van der Waals surface area contributed by atoms with Gasteiger partial charge in [0.25, 0.3) is 5.91 Å². The third-order valence-corrected chi connectivity index (χ3v) is 5.24. The standard InChI is InChI=1S/C22H25FN8O/c23-16-3-1-2-4-17(16)30-22(32)15-11-28-20(31-21-13-27-19(24)12-29-21)9-18(15)26-10-14-5-7-25-8-6-14/h1-4,9,11-14,25H,5-8,10H2,(H2,24,27)(H,30,32)(H2,26,28,29,31). The van der Waals surface area contributed by atoms with Crippen molar-refractivity contribution >= 4 is 34.7 Å². The molecule has 0 bridgehead atoms. The number of hydrogen-bond donors (Lipinski definition) is 5. The average molecular weight is 436 g/mol. The number of nitrogen functional groups attached to an aromatic ring is 1. The fraction of sp³-hybridized carbons (Fsp3) is 0.273. The zero-order chi connectivity index (χ0) is 22.3. The molecule has 1 aromatic carbocycles. The monoisotopic (exact) mass is 436 g/mol. The molecule has 0 radical (unpaired) electrons. The highest BCUT2D eigenvalue weighted by atomic mass is 19.1. The maximum atomic E-state index is 14.0. The van der Waals surface area contributed by atoms with Gasteiger partial charge in [-0.05, 0) is 44.0 Å². The van der Waals surface area contributed by atoms with Gasteiger partial charge in [-0.15, -0.1) is 0 Å². The van der Waals surface area contributed by atoms with Crippen molar-refractivity contribution < 1.29 is 9.18 Å². The molecular weight excluding hydrogens is 411 g/mol. The minimum absolute atomic E-state index is 0.112. The highest BCUT2D eigenvalue weighted by Gasteiger charge is 2.18. The molecule has 32 heavy (non-hydrogen) atoms. The maximum Gasteiger partial charge on any atom is 0.259 e. The van der Waals surface area contributed by atoms with Crippen LogP contribution in [-0.4, -0.2) is 40.5 Å². The second kappa shape index (κ2) is 10.0. The van der Waals surface area contributed by atoms with Crippen molar-refractivity contribution in [3.05, 3.63) is 60.3 Å². The van der Waals surface area contributed by atoms with E-state index >= 15 is 0 Å². The molecule has 166 valence electrons. The van der Waals surface area contributed by atoms with Crippen LogP contribution in [0.1, 0.15) is 23.2 Å². The van der Waals surface area contributed by atoms with E-state index in [0.29, 0.717) is 41.2 Å². The van der Waals surface area contributed by atoms with Crippen LogP contribution in [0.4, 0.5) is 33.2 Å². The quantitative estimate of drug-likeness (QED) is 0.382. The molecule has 0 spiro atoms. The predicted molar refractivity (Wildman–Crippen MR) is 122 cm³/mol. The SMILES string of the molecule is Nc1cnc(Nc2cc(NCC3CCNCC3)c(C(=O)Nc3ccccc3F)cn2)cn1. The molecule has 0 unspecified atom stereocenters. The van der Waals surface area contributed by atoms with E-state index in [1.807, 2.05) is 0 Å². The van der Waals surface area contributed by atoms with Gasteiger partial charge in [-0.1, -0.05) is 12.1 Å². The van der Waals surface area contributed by atoms with Crippen LogP contribution in [-0.2, 0) is 0 Å². The summed E-state index contributed by atoms with van der Waals surface area (Å²) in [6, 6.07) is 7.77. The van der Waals surface area contributed by atoms with Crippen molar-refractivity contribution in [3.63, 3.8) is 0 Å². The summed E-state index contributed by atoms with van der Waals surface area (Å²) in [5.41, 5.74) is 6.60. The zero-order valence-corrected chi connectivity index (χ0v) is 17.4. The number of carbonyl (C=O) groups is 1. The van der Waals surface area contributed by atoms with Crippen LogP contribution >= 0.6 is 0 Å². The van der Waals surface area contributed by atoms with Crippen LogP contribution in [0.2, 0.25) is 0 Å². The smallest absolute Gasteiger partial charge is 0.259 e. The van der Waals surface area contributed by atoms with Gasteiger partial charge in [0.15, 0.2) is 0 Å². The van der Waals surface area contributed by atoms with Gasteiger partial charge in [0.05, 0.1) is 29.3 Å². The van der Waals surface area contributed by atoms with Gasteiger partial charge in [0, 0.05) is 18.8 Å². The molecule has 1 fully saturated rings. The topological polar surface area (TPSA) is 130 Å². The normalized spacial score (nSPS) is 14.0. The molecule has 4 rings (SSSR count). The average Bonchev–Trinajstić information content (AvgIpc) is 2.81. The number of piperidine rings is 1. The number of carbonyl (C=O) groups excluding carboxylic acids is 1.